The summed E-state index contributed by atoms with van der Waals surface area (Å²) in [5, 5.41) is 2.87. The van der Waals surface area contributed by atoms with Crippen LogP contribution in [0.25, 0.3) is 0 Å². The Labute approximate surface area is 147 Å². The molecule has 0 atom stereocenters. The van der Waals surface area contributed by atoms with Crippen LogP contribution in [0, 0.1) is 6.92 Å². The summed E-state index contributed by atoms with van der Waals surface area (Å²) in [7, 11) is 1.59. The van der Waals surface area contributed by atoms with Gasteiger partial charge in [-0.2, -0.15) is 0 Å². The fourth-order valence-corrected chi connectivity index (χ4v) is 2.97. The first-order valence-electron chi connectivity index (χ1n) is 7.91. The van der Waals surface area contributed by atoms with Gasteiger partial charge in [-0.15, -0.1) is 11.8 Å². The molecule has 0 aliphatic carbocycles. The van der Waals surface area contributed by atoms with Gasteiger partial charge in [0.1, 0.15) is 0 Å². The average Bonchev–Trinajstić information content (AvgIpc) is 2.61. The molecule has 0 aromatic heterocycles. The molecule has 4 nitrogen and oxygen atoms in total. The topological polar surface area (TPSA) is 47.6 Å². The van der Waals surface area contributed by atoms with E-state index >= 15 is 0 Å². The molecule has 0 spiro atoms. The molecule has 1 amide bonds. The minimum absolute atomic E-state index is 0.00868. The highest BCUT2D eigenvalue weighted by molar-refractivity contribution is 7.99. The zero-order chi connectivity index (χ0) is 17.2. The van der Waals surface area contributed by atoms with Gasteiger partial charge in [-0.3, -0.25) is 4.79 Å². The van der Waals surface area contributed by atoms with E-state index < -0.39 is 0 Å². The number of aryl methyl sites for hydroxylation is 1. The van der Waals surface area contributed by atoms with E-state index in [1.54, 1.807) is 18.9 Å². The number of hydrogen-bond acceptors (Lipinski definition) is 4. The molecule has 0 aliphatic heterocycles. The van der Waals surface area contributed by atoms with Crippen LogP contribution in [0.1, 0.15) is 12.0 Å². The second-order valence-corrected chi connectivity index (χ2v) is 6.48. The molecule has 24 heavy (non-hydrogen) atoms. The van der Waals surface area contributed by atoms with Crippen LogP contribution in [0.4, 0.5) is 0 Å². The van der Waals surface area contributed by atoms with E-state index in [-0.39, 0.29) is 12.5 Å². The van der Waals surface area contributed by atoms with Crippen molar-refractivity contribution in [3.63, 3.8) is 0 Å². The van der Waals surface area contributed by atoms with Gasteiger partial charge in [-0.05, 0) is 48.9 Å². The summed E-state index contributed by atoms with van der Waals surface area (Å²) in [5.74, 6) is 2.07. The number of ether oxygens (including phenoxy) is 2. The zero-order valence-corrected chi connectivity index (χ0v) is 14.9. The fourth-order valence-electron chi connectivity index (χ4n) is 2.10. The first-order valence-corrected chi connectivity index (χ1v) is 8.89. The Bertz CT molecular complexity index is 646. The van der Waals surface area contributed by atoms with Crippen LogP contribution in [0.2, 0.25) is 0 Å². The lowest BCUT2D eigenvalue weighted by Gasteiger charge is -2.11. The molecule has 0 saturated carbocycles. The molecular formula is C19H23NO3S. The standard InChI is InChI=1S/C19H23NO3S/c1-15-9-10-17(18(13-15)22-2)23-14-19(21)20-11-6-12-24-16-7-4-3-5-8-16/h3-5,7-10,13H,6,11-12,14H2,1-2H3,(H,20,21). The lowest BCUT2D eigenvalue weighted by atomic mass is 10.2. The molecule has 0 heterocycles. The van der Waals surface area contributed by atoms with Crippen LogP contribution in [0.15, 0.2) is 53.4 Å². The first kappa shape index (κ1) is 18.2. The Morgan fingerprint density at radius 3 is 2.67 bits per heavy atom. The van der Waals surface area contributed by atoms with Gasteiger partial charge in [0.05, 0.1) is 7.11 Å². The van der Waals surface area contributed by atoms with E-state index in [1.807, 2.05) is 43.3 Å². The van der Waals surface area contributed by atoms with Gasteiger partial charge in [0.2, 0.25) is 0 Å². The minimum Gasteiger partial charge on any atom is -0.493 e. The lowest BCUT2D eigenvalue weighted by molar-refractivity contribution is -0.123. The normalized spacial score (nSPS) is 10.2. The quantitative estimate of drug-likeness (QED) is 0.556. The van der Waals surface area contributed by atoms with E-state index in [0.717, 1.165) is 17.7 Å². The van der Waals surface area contributed by atoms with E-state index in [0.29, 0.717) is 18.0 Å². The van der Waals surface area contributed by atoms with Gasteiger partial charge < -0.3 is 14.8 Å². The second-order valence-electron chi connectivity index (χ2n) is 5.31. The predicted octanol–water partition coefficient (Wildman–Crippen LogP) is 3.68. The van der Waals surface area contributed by atoms with Gasteiger partial charge in [0.15, 0.2) is 18.1 Å². The highest BCUT2D eigenvalue weighted by Crippen LogP contribution is 2.27. The number of thioether (sulfide) groups is 1. The van der Waals surface area contributed by atoms with Crippen LogP contribution in [0.3, 0.4) is 0 Å². The van der Waals surface area contributed by atoms with Gasteiger partial charge in [-0.1, -0.05) is 24.3 Å². The van der Waals surface area contributed by atoms with Gasteiger partial charge in [0, 0.05) is 11.4 Å². The predicted molar refractivity (Wildman–Crippen MR) is 98.0 cm³/mol. The summed E-state index contributed by atoms with van der Waals surface area (Å²) in [4.78, 5) is 13.1. The average molecular weight is 345 g/mol. The number of carbonyl (C=O) groups excluding carboxylic acids is 1. The summed E-state index contributed by atoms with van der Waals surface area (Å²) in [6.07, 6.45) is 0.916. The molecule has 1 N–H and O–H groups in total. The lowest BCUT2D eigenvalue weighted by Crippen LogP contribution is -2.30. The van der Waals surface area contributed by atoms with Crippen molar-refractivity contribution in [1.82, 2.24) is 5.32 Å². The maximum absolute atomic E-state index is 11.8. The maximum Gasteiger partial charge on any atom is 0.257 e. The minimum atomic E-state index is -0.123. The van der Waals surface area contributed by atoms with Crippen LogP contribution >= 0.6 is 11.8 Å². The fraction of sp³-hybridized carbons (Fsp3) is 0.316. The van der Waals surface area contributed by atoms with Crippen LogP contribution in [0.5, 0.6) is 11.5 Å². The van der Waals surface area contributed by atoms with E-state index in [4.69, 9.17) is 9.47 Å². The molecule has 128 valence electrons. The molecule has 2 aromatic carbocycles. The summed E-state index contributed by atoms with van der Waals surface area (Å²) >= 11 is 1.79. The zero-order valence-electron chi connectivity index (χ0n) is 14.1. The SMILES string of the molecule is COc1cc(C)ccc1OCC(=O)NCCCSc1ccccc1. The molecule has 2 rings (SSSR count). The largest absolute Gasteiger partial charge is 0.493 e. The van der Waals surface area contributed by atoms with Crippen LogP contribution in [-0.4, -0.2) is 31.9 Å². The van der Waals surface area contributed by atoms with Crippen molar-refractivity contribution >= 4 is 17.7 Å². The van der Waals surface area contributed by atoms with Crippen molar-refractivity contribution in [1.29, 1.82) is 0 Å². The molecule has 0 saturated heterocycles. The Hall–Kier alpha value is -2.14. The molecule has 0 aliphatic rings. The highest BCUT2D eigenvalue weighted by atomic mass is 32.2. The van der Waals surface area contributed by atoms with Crippen molar-refractivity contribution in [3.8, 4) is 11.5 Å². The summed E-state index contributed by atoms with van der Waals surface area (Å²) < 4.78 is 10.8. The van der Waals surface area contributed by atoms with Crippen molar-refractivity contribution in [3.05, 3.63) is 54.1 Å². The molecule has 0 radical (unpaired) electrons. The molecular weight excluding hydrogens is 322 g/mol. The highest BCUT2D eigenvalue weighted by Gasteiger charge is 2.07. The summed E-state index contributed by atoms with van der Waals surface area (Å²) in [5.41, 5.74) is 1.08. The van der Waals surface area contributed by atoms with Gasteiger partial charge >= 0.3 is 0 Å². The van der Waals surface area contributed by atoms with Crippen molar-refractivity contribution in [2.24, 2.45) is 0 Å². The first-order chi connectivity index (χ1) is 11.7. The van der Waals surface area contributed by atoms with Gasteiger partial charge in [-0.25, -0.2) is 0 Å². The number of benzene rings is 2. The third-order valence-electron chi connectivity index (χ3n) is 3.33. The third-order valence-corrected chi connectivity index (χ3v) is 4.43. The van der Waals surface area contributed by atoms with E-state index in [1.165, 1.54) is 4.90 Å². The Kier molecular flexibility index (Phi) is 7.49. The second kappa shape index (κ2) is 9.88. The van der Waals surface area contributed by atoms with Crippen LogP contribution < -0.4 is 14.8 Å². The van der Waals surface area contributed by atoms with Crippen LogP contribution in [-0.2, 0) is 4.79 Å². The molecule has 0 fully saturated rings. The smallest absolute Gasteiger partial charge is 0.257 e. The third kappa shape index (κ3) is 6.16. The number of rotatable bonds is 9. The number of nitrogens with one attached hydrogen (secondary N) is 1. The maximum atomic E-state index is 11.8. The number of hydrogen-bond donors (Lipinski definition) is 1. The van der Waals surface area contributed by atoms with E-state index in [9.17, 15) is 4.79 Å². The summed E-state index contributed by atoms with van der Waals surface area (Å²) in [6.45, 7) is 2.62. The van der Waals surface area contributed by atoms with Crippen molar-refractivity contribution in [2.75, 3.05) is 26.0 Å². The van der Waals surface area contributed by atoms with Crippen molar-refractivity contribution < 1.29 is 14.3 Å². The monoisotopic (exact) mass is 345 g/mol. The number of methoxy groups -OCH3 is 1. The van der Waals surface area contributed by atoms with E-state index in [2.05, 4.69) is 17.4 Å². The van der Waals surface area contributed by atoms with Crippen molar-refractivity contribution in [2.45, 2.75) is 18.2 Å². The Morgan fingerprint density at radius 2 is 1.92 bits per heavy atom. The number of amides is 1. The molecule has 2 aromatic rings. The molecule has 0 bridgehead atoms. The molecule has 5 heteroatoms. The molecule has 0 unspecified atom stereocenters. The Balaban J connectivity index is 1.63. The van der Waals surface area contributed by atoms with Gasteiger partial charge in [0.25, 0.3) is 5.91 Å². The Morgan fingerprint density at radius 1 is 1.12 bits per heavy atom. The summed E-state index contributed by atoms with van der Waals surface area (Å²) in [6, 6.07) is 15.9. The number of carbonyl (C=O) groups is 1.